The van der Waals surface area contributed by atoms with E-state index in [1.165, 1.54) is 18.6 Å². The van der Waals surface area contributed by atoms with Gasteiger partial charge in [-0.2, -0.15) is 0 Å². The van der Waals surface area contributed by atoms with Crippen LogP contribution < -0.4 is 10.6 Å². The van der Waals surface area contributed by atoms with Crippen molar-refractivity contribution in [2.45, 2.75) is 0 Å². The summed E-state index contributed by atoms with van der Waals surface area (Å²) in [5.74, 6) is 5.14. The summed E-state index contributed by atoms with van der Waals surface area (Å²) in [5.41, 5.74) is 1.34. The summed E-state index contributed by atoms with van der Waals surface area (Å²) in [4.78, 5) is 31.1. The zero-order chi connectivity index (χ0) is 15.8. The first-order valence-corrected chi connectivity index (χ1v) is 6.56. The van der Waals surface area contributed by atoms with Gasteiger partial charge in [0.2, 0.25) is 0 Å². The highest BCUT2D eigenvalue weighted by Crippen LogP contribution is 2.06. The molecule has 1 aromatic carbocycles. The molecular formula is C16H14N4O2. The van der Waals surface area contributed by atoms with Crippen molar-refractivity contribution in [3.05, 3.63) is 59.7 Å². The molecule has 2 amide bonds. The molecule has 0 atom stereocenters. The number of aromatic nitrogens is 2. The highest BCUT2D eigenvalue weighted by atomic mass is 16.2. The summed E-state index contributed by atoms with van der Waals surface area (Å²) in [5, 5.41) is 5.18. The number of nitrogens with one attached hydrogen (secondary N) is 2. The molecule has 0 unspecified atom stereocenters. The van der Waals surface area contributed by atoms with E-state index in [9.17, 15) is 9.59 Å². The summed E-state index contributed by atoms with van der Waals surface area (Å²) in [6, 6.07) is 7.02. The van der Waals surface area contributed by atoms with E-state index in [0.717, 1.165) is 0 Å². The molecule has 0 saturated carbocycles. The molecule has 0 spiro atoms. The topological polar surface area (TPSA) is 84.0 Å². The Morgan fingerprint density at radius 3 is 2.73 bits per heavy atom. The van der Waals surface area contributed by atoms with E-state index in [-0.39, 0.29) is 24.1 Å². The molecule has 22 heavy (non-hydrogen) atoms. The molecule has 1 heterocycles. The third-order valence-corrected chi connectivity index (χ3v) is 2.75. The molecule has 0 radical (unpaired) electrons. The lowest BCUT2D eigenvalue weighted by Gasteiger charge is -2.02. The zero-order valence-corrected chi connectivity index (χ0v) is 12.0. The minimum Gasteiger partial charge on any atom is -0.355 e. The molecule has 6 nitrogen and oxygen atoms in total. The molecular weight excluding hydrogens is 280 g/mol. The van der Waals surface area contributed by atoms with Crippen LogP contribution in [0.25, 0.3) is 0 Å². The monoisotopic (exact) mass is 294 g/mol. The van der Waals surface area contributed by atoms with Crippen LogP contribution in [-0.4, -0.2) is 35.4 Å². The molecule has 110 valence electrons. The maximum Gasteiger partial charge on any atom is 0.272 e. The van der Waals surface area contributed by atoms with Gasteiger partial charge in [0, 0.05) is 25.0 Å². The maximum absolute atomic E-state index is 11.7. The third-order valence-electron chi connectivity index (χ3n) is 2.75. The van der Waals surface area contributed by atoms with Gasteiger partial charge in [-0.1, -0.05) is 24.0 Å². The van der Waals surface area contributed by atoms with Crippen LogP contribution in [0.15, 0.2) is 42.9 Å². The van der Waals surface area contributed by atoms with Crippen molar-refractivity contribution in [1.82, 2.24) is 20.6 Å². The van der Waals surface area contributed by atoms with E-state index in [0.29, 0.717) is 11.1 Å². The average molecular weight is 294 g/mol. The Labute approximate surface area is 128 Å². The van der Waals surface area contributed by atoms with Gasteiger partial charge < -0.3 is 10.6 Å². The molecule has 0 aliphatic carbocycles. The SMILES string of the molecule is CNC(=O)c1ccccc1C#CCNC(=O)c1cnccn1. The molecule has 2 rings (SSSR count). The van der Waals surface area contributed by atoms with Gasteiger partial charge in [-0.3, -0.25) is 14.6 Å². The van der Waals surface area contributed by atoms with Gasteiger partial charge in [-0.05, 0) is 12.1 Å². The number of hydrogen-bond donors (Lipinski definition) is 2. The van der Waals surface area contributed by atoms with Crippen LogP contribution in [0.5, 0.6) is 0 Å². The lowest BCUT2D eigenvalue weighted by Crippen LogP contribution is -2.24. The molecule has 0 aliphatic rings. The summed E-state index contributed by atoms with van der Waals surface area (Å²) in [6.07, 6.45) is 4.32. The number of nitrogens with zero attached hydrogens (tertiary/aromatic N) is 2. The number of amides is 2. The van der Waals surface area contributed by atoms with E-state index in [4.69, 9.17) is 0 Å². The van der Waals surface area contributed by atoms with Crippen molar-refractivity contribution in [2.75, 3.05) is 13.6 Å². The lowest BCUT2D eigenvalue weighted by atomic mass is 10.1. The normalized spacial score (nSPS) is 9.32. The van der Waals surface area contributed by atoms with Crippen molar-refractivity contribution < 1.29 is 9.59 Å². The minimum absolute atomic E-state index is 0.150. The Morgan fingerprint density at radius 1 is 1.18 bits per heavy atom. The van der Waals surface area contributed by atoms with E-state index >= 15 is 0 Å². The number of benzene rings is 1. The minimum atomic E-state index is -0.345. The van der Waals surface area contributed by atoms with Gasteiger partial charge >= 0.3 is 0 Å². The fourth-order valence-electron chi connectivity index (χ4n) is 1.70. The Bertz CT molecular complexity index is 733. The average Bonchev–Trinajstić information content (AvgIpc) is 2.59. The largest absolute Gasteiger partial charge is 0.355 e. The Hall–Kier alpha value is -3.20. The smallest absolute Gasteiger partial charge is 0.272 e. The fraction of sp³-hybridized carbons (Fsp3) is 0.125. The third kappa shape index (κ3) is 3.90. The van der Waals surface area contributed by atoms with E-state index in [2.05, 4.69) is 32.4 Å². The molecule has 2 aromatic rings. The Balaban J connectivity index is 2.00. The highest BCUT2D eigenvalue weighted by Gasteiger charge is 2.07. The van der Waals surface area contributed by atoms with Crippen LogP contribution in [0.3, 0.4) is 0 Å². The van der Waals surface area contributed by atoms with Crippen molar-refractivity contribution in [1.29, 1.82) is 0 Å². The first-order chi connectivity index (χ1) is 10.7. The summed E-state index contributed by atoms with van der Waals surface area (Å²) in [6.45, 7) is 0.150. The van der Waals surface area contributed by atoms with Crippen LogP contribution in [0.1, 0.15) is 26.4 Å². The second kappa shape index (κ2) is 7.55. The number of carbonyl (C=O) groups is 2. The Morgan fingerprint density at radius 2 is 2.00 bits per heavy atom. The van der Waals surface area contributed by atoms with Gasteiger partial charge in [0.1, 0.15) is 5.69 Å². The van der Waals surface area contributed by atoms with Gasteiger partial charge in [-0.15, -0.1) is 0 Å². The molecule has 1 aromatic heterocycles. The maximum atomic E-state index is 11.7. The summed E-state index contributed by atoms with van der Waals surface area (Å²) in [7, 11) is 1.56. The van der Waals surface area contributed by atoms with Crippen LogP contribution in [0, 0.1) is 11.8 Å². The van der Waals surface area contributed by atoms with Crippen LogP contribution in [0.2, 0.25) is 0 Å². The fourth-order valence-corrected chi connectivity index (χ4v) is 1.70. The van der Waals surface area contributed by atoms with E-state index in [1.807, 2.05) is 0 Å². The Kier molecular flexibility index (Phi) is 5.21. The number of hydrogen-bond acceptors (Lipinski definition) is 4. The highest BCUT2D eigenvalue weighted by molar-refractivity contribution is 5.96. The van der Waals surface area contributed by atoms with Crippen molar-refractivity contribution in [3.8, 4) is 11.8 Å². The molecule has 0 bridgehead atoms. The van der Waals surface area contributed by atoms with E-state index < -0.39 is 0 Å². The summed E-state index contributed by atoms with van der Waals surface area (Å²) >= 11 is 0. The zero-order valence-electron chi connectivity index (χ0n) is 12.0. The number of rotatable bonds is 3. The quantitative estimate of drug-likeness (QED) is 0.813. The van der Waals surface area contributed by atoms with Crippen LogP contribution >= 0.6 is 0 Å². The van der Waals surface area contributed by atoms with Crippen molar-refractivity contribution in [3.63, 3.8) is 0 Å². The second-order valence-corrected chi connectivity index (χ2v) is 4.20. The standard InChI is InChI=1S/C16H14N4O2/c1-17-15(21)13-7-3-2-5-12(13)6-4-8-20-16(22)14-11-18-9-10-19-14/h2-3,5,7,9-11H,8H2,1H3,(H,17,21)(H,20,22). The van der Waals surface area contributed by atoms with Gasteiger partial charge in [-0.25, -0.2) is 4.98 Å². The van der Waals surface area contributed by atoms with Crippen molar-refractivity contribution in [2.24, 2.45) is 0 Å². The first-order valence-electron chi connectivity index (χ1n) is 6.56. The van der Waals surface area contributed by atoms with Gasteiger partial charge in [0.05, 0.1) is 18.3 Å². The predicted molar refractivity (Wildman–Crippen MR) is 81.1 cm³/mol. The molecule has 0 aliphatic heterocycles. The molecule has 2 N–H and O–H groups in total. The van der Waals surface area contributed by atoms with Crippen molar-refractivity contribution >= 4 is 11.8 Å². The molecule has 0 saturated heterocycles. The van der Waals surface area contributed by atoms with Crippen LogP contribution in [-0.2, 0) is 0 Å². The molecule has 6 heteroatoms. The first kappa shape index (κ1) is 15.2. The second-order valence-electron chi connectivity index (χ2n) is 4.20. The van der Waals surface area contributed by atoms with Crippen LogP contribution in [0.4, 0.5) is 0 Å². The predicted octanol–water partition coefficient (Wildman–Crippen LogP) is 0.618. The van der Waals surface area contributed by atoms with Gasteiger partial charge in [0.15, 0.2) is 0 Å². The lowest BCUT2D eigenvalue weighted by molar-refractivity contribution is 0.0948. The molecule has 0 fully saturated rings. The number of carbonyl (C=O) groups excluding carboxylic acids is 2. The summed E-state index contributed by atoms with van der Waals surface area (Å²) < 4.78 is 0. The van der Waals surface area contributed by atoms with E-state index in [1.54, 1.807) is 31.3 Å². The van der Waals surface area contributed by atoms with Gasteiger partial charge in [0.25, 0.3) is 11.8 Å².